The minimum atomic E-state index is -0.221. The normalized spacial score (nSPS) is 11.5. The first kappa shape index (κ1) is 14.8. The second kappa shape index (κ2) is 5.41. The lowest BCUT2D eigenvalue weighted by molar-refractivity contribution is -0.115. The number of nitrogens with zero attached hydrogens (tertiary/aromatic N) is 4. The molecule has 0 aliphatic rings. The van der Waals surface area contributed by atoms with E-state index >= 15 is 0 Å². The van der Waals surface area contributed by atoms with Gasteiger partial charge in [-0.1, -0.05) is 11.2 Å². The fourth-order valence-corrected chi connectivity index (χ4v) is 3.61. The number of anilines is 1. The first-order chi connectivity index (χ1) is 11.5. The van der Waals surface area contributed by atoms with Crippen molar-refractivity contribution in [3.63, 3.8) is 0 Å². The minimum Gasteiger partial charge on any atom is -0.356 e. The highest BCUT2D eigenvalue weighted by molar-refractivity contribution is 7.15. The fourth-order valence-electron chi connectivity index (χ4n) is 2.81. The molecule has 8 heteroatoms. The molecule has 0 fully saturated rings. The van der Waals surface area contributed by atoms with Gasteiger partial charge in [-0.2, -0.15) is 4.98 Å². The average Bonchev–Trinajstić information content (AvgIpc) is 3.16. The number of aryl methyl sites for hydroxylation is 3. The van der Waals surface area contributed by atoms with Crippen LogP contribution in [0.15, 0.2) is 22.0 Å². The summed E-state index contributed by atoms with van der Waals surface area (Å²) < 4.78 is 7.06. The van der Waals surface area contributed by atoms with Crippen molar-refractivity contribution in [3.05, 3.63) is 40.0 Å². The van der Waals surface area contributed by atoms with E-state index in [4.69, 9.17) is 4.52 Å². The molecular weight excluding hydrogens is 326 g/mol. The first-order valence-electron chi connectivity index (χ1n) is 7.47. The highest BCUT2D eigenvalue weighted by atomic mass is 32.1. The van der Waals surface area contributed by atoms with Crippen LogP contribution in [-0.2, 0) is 11.2 Å². The van der Waals surface area contributed by atoms with E-state index in [0.717, 1.165) is 27.2 Å². The van der Waals surface area contributed by atoms with Crippen LogP contribution < -0.4 is 5.32 Å². The summed E-state index contributed by atoms with van der Waals surface area (Å²) in [5, 5.41) is 13.9. The molecule has 3 heterocycles. The molecule has 122 valence electrons. The molecule has 0 spiro atoms. The number of fused-ring (bicyclic) bond motifs is 2. The minimum absolute atomic E-state index is 0.114. The van der Waals surface area contributed by atoms with Gasteiger partial charge in [-0.25, -0.2) is 4.52 Å². The largest absolute Gasteiger partial charge is 0.356 e. The third-order valence-corrected chi connectivity index (χ3v) is 4.75. The molecule has 0 bridgehead atoms. The van der Waals surface area contributed by atoms with Gasteiger partial charge in [0.15, 0.2) is 5.58 Å². The van der Waals surface area contributed by atoms with Crippen LogP contribution in [0, 0.1) is 20.8 Å². The van der Waals surface area contributed by atoms with Gasteiger partial charge in [0.05, 0.1) is 12.1 Å². The molecule has 1 aromatic carbocycles. The Balaban J connectivity index is 1.57. The number of aromatic nitrogens is 4. The molecule has 0 saturated carbocycles. The van der Waals surface area contributed by atoms with Crippen molar-refractivity contribution in [2.75, 3.05) is 5.32 Å². The molecular formula is C16H15N5O2S. The summed E-state index contributed by atoms with van der Waals surface area (Å²) in [7, 11) is 0. The van der Waals surface area contributed by atoms with E-state index in [2.05, 4.69) is 26.6 Å². The van der Waals surface area contributed by atoms with Crippen LogP contribution >= 0.6 is 11.3 Å². The smallest absolute Gasteiger partial charge is 0.250 e. The van der Waals surface area contributed by atoms with E-state index in [1.807, 2.05) is 32.2 Å². The Kier molecular flexibility index (Phi) is 3.34. The van der Waals surface area contributed by atoms with Crippen molar-refractivity contribution in [1.29, 1.82) is 0 Å². The lowest BCUT2D eigenvalue weighted by Gasteiger charge is -2.01. The molecule has 4 aromatic rings. The Morgan fingerprint density at radius 2 is 2.17 bits per heavy atom. The summed E-state index contributed by atoms with van der Waals surface area (Å²) >= 11 is 1.48. The van der Waals surface area contributed by atoms with E-state index in [0.29, 0.717) is 17.2 Å². The predicted molar refractivity (Wildman–Crippen MR) is 91.4 cm³/mol. The zero-order valence-corrected chi connectivity index (χ0v) is 14.3. The molecule has 4 rings (SSSR count). The van der Waals surface area contributed by atoms with Crippen molar-refractivity contribution < 1.29 is 9.32 Å². The van der Waals surface area contributed by atoms with Gasteiger partial charge in [0.1, 0.15) is 5.69 Å². The van der Waals surface area contributed by atoms with Crippen molar-refractivity contribution in [2.45, 2.75) is 27.2 Å². The molecule has 7 nitrogen and oxygen atoms in total. The Morgan fingerprint density at radius 3 is 2.96 bits per heavy atom. The Hall–Kier alpha value is -2.74. The first-order valence-corrected chi connectivity index (χ1v) is 8.35. The molecule has 1 amide bonds. The molecule has 0 atom stereocenters. The molecule has 1 N–H and O–H groups in total. The monoisotopic (exact) mass is 341 g/mol. The predicted octanol–water partition coefficient (Wildman–Crippen LogP) is 3.04. The standard InChI is InChI=1S/C16H15N5O2S/c1-8-4-9(2)14-11(20-23-12(14)5-8)6-13(22)17-15-18-16-21(19-15)10(3)7-24-16/h4-5,7H,6H2,1-3H3,(H,17,19,22). The fraction of sp³-hybridized carbons (Fsp3) is 0.250. The molecule has 3 aromatic heterocycles. The second-order valence-electron chi connectivity index (χ2n) is 5.82. The van der Waals surface area contributed by atoms with E-state index in [9.17, 15) is 4.79 Å². The summed E-state index contributed by atoms with van der Waals surface area (Å²) in [6.07, 6.45) is 0.114. The van der Waals surface area contributed by atoms with Crippen LogP contribution in [0.1, 0.15) is 22.5 Å². The van der Waals surface area contributed by atoms with Crippen LogP contribution in [0.25, 0.3) is 15.9 Å². The maximum Gasteiger partial charge on any atom is 0.250 e. The Bertz CT molecular complexity index is 1080. The number of carbonyl (C=O) groups excluding carboxylic acids is 1. The van der Waals surface area contributed by atoms with E-state index in [-0.39, 0.29) is 12.3 Å². The van der Waals surface area contributed by atoms with E-state index in [1.165, 1.54) is 11.3 Å². The third kappa shape index (κ3) is 2.44. The van der Waals surface area contributed by atoms with Crippen LogP contribution in [-0.4, -0.2) is 25.7 Å². The quantitative estimate of drug-likeness (QED) is 0.619. The van der Waals surface area contributed by atoms with Gasteiger partial charge in [0.2, 0.25) is 16.8 Å². The Labute approximate surface area is 141 Å². The van der Waals surface area contributed by atoms with Crippen LogP contribution in [0.5, 0.6) is 0 Å². The molecule has 24 heavy (non-hydrogen) atoms. The van der Waals surface area contributed by atoms with Crippen molar-refractivity contribution >= 4 is 39.1 Å². The zero-order valence-electron chi connectivity index (χ0n) is 13.5. The number of thiazole rings is 1. The molecule has 0 aliphatic heterocycles. The zero-order chi connectivity index (χ0) is 16.8. The highest BCUT2D eigenvalue weighted by Gasteiger charge is 2.16. The van der Waals surface area contributed by atoms with Crippen LogP contribution in [0.2, 0.25) is 0 Å². The van der Waals surface area contributed by atoms with Crippen LogP contribution in [0.3, 0.4) is 0 Å². The molecule has 0 aliphatic carbocycles. The van der Waals surface area contributed by atoms with Crippen molar-refractivity contribution in [1.82, 2.24) is 19.8 Å². The van der Waals surface area contributed by atoms with Gasteiger partial charge in [-0.3, -0.25) is 10.1 Å². The van der Waals surface area contributed by atoms with Crippen molar-refractivity contribution in [3.8, 4) is 0 Å². The maximum atomic E-state index is 12.3. The van der Waals surface area contributed by atoms with Crippen molar-refractivity contribution in [2.24, 2.45) is 0 Å². The summed E-state index contributed by atoms with van der Waals surface area (Å²) in [6, 6.07) is 3.97. The van der Waals surface area contributed by atoms with E-state index in [1.54, 1.807) is 4.52 Å². The topological polar surface area (TPSA) is 85.3 Å². The number of amides is 1. The second-order valence-corrected chi connectivity index (χ2v) is 6.65. The van der Waals surface area contributed by atoms with Gasteiger partial charge >= 0.3 is 0 Å². The molecule has 0 unspecified atom stereocenters. The number of hydrogen-bond donors (Lipinski definition) is 1. The summed E-state index contributed by atoms with van der Waals surface area (Å²) in [6.45, 7) is 5.93. The van der Waals surface area contributed by atoms with Gasteiger partial charge in [0.25, 0.3) is 0 Å². The summed E-state index contributed by atoms with van der Waals surface area (Å²) in [5.41, 5.74) is 4.45. The number of nitrogens with one attached hydrogen (secondary N) is 1. The SMILES string of the molecule is Cc1cc(C)c2c(CC(=O)Nc3nc4scc(C)n4n3)noc2c1. The van der Waals surface area contributed by atoms with E-state index < -0.39 is 0 Å². The average molecular weight is 341 g/mol. The third-order valence-electron chi connectivity index (χ3n) is 3.81. The number of rotatable bonds is 3. The number of carbonyl (C=O) groups is 1. The number of benzene rings is 1. The lowest BCUT2D eigenvalue weighted by atomic mass is 10.0. The summed E-state index contributed by atoms with van der Waals surface area (Å²) in [5.74, 6) is 0.0800. The molecule has 0 saturated heterocycles. The van der Waals surface area contributed by atoms with Gasteiger partial charge in [-0.05, 0) is 38.0 Å². The molecule has 0 radical (unpaired) electrons. The van der Waals surface area contributed by atoms with Gasteiger partial charge in [-0.15, -0.1) is 16.4 Å². The van der Waals surface area contributed by atoms with Gasteiger partial charge in [0, 0.05) is 10.8 Å². The lowest BCUT2D eigenvalue weighted by Crippen LogP contribution is -2.16. The summed E-state index contributed by atoms with van der Waals surface area (Å²) in [4.78, 5) is 17.3. The maximum absolute atomic E-state index is 12.3. The van der Waals surface area contributed by atoms with Crippen LogP contribution in [0.4, 0.5) is 5.95 Å². The number of hydrogen-bond acceptors (Lipinski definition) is 6. The highest BCUT2D eigenvalue weighted by Crippen LogP contribution is 2.24. The van der Waals surface area contributed by atoms with Gasteiger partial charge < -0.3 is 4.52 Å². The Morgan fingerprint density at radius 1 is 1.33 bits per heavy atom.